The van der Waals surface area contributed by atoms with Crippen LogP contribution in [0.15, 0.2) is 29.4 Å². The van der Waals surface area contributed by atoms with E-state index in [9.17, 15) is 4.39 Å². The number of H-pyrrole nitrogens is 1. The van der Waals surface area contributed by atoms with Crippen molar-refractivity contribution in [1.29, 1.82) is 0 Å². The van der Waals surface area contributed by atoms with E-state index in [0.29, 0.717) is 19.1 Å². The number of guanidine groups is 1. The summed E-state index contributed by atoms with van der Waals surface area (Å²) in [4.78, 5) is 9.85. The number of aromatic nitrogens is 1. The lowest BCUT2D eigenvalue weighted by atomic mass is 10.1. The van der Waals surface area contributed by atoms with Crippen molar-refractivity contribution < 1.29 is 13.9 Å². The van der Waals surface area contributed by atoms with Gasteiger partial charge in [-0.1, -0.05) is 0 Å². The number of hydrogen-bond donors (Lipinski definition) is 2. The first kappa shape index (κ1) is 19.6. The van der Waals surface area contributed by atoms with Gasteiger partial charge in [0.15, 0.2) is 5.96 Å². The number of aliphatic imine (C=N–C) groups is 1. The molecule has 3 rings (SSSR count). The summed E-state index contributed by atoms with van der Waals surface area (Å²) in [5, 5.41) is 4.52. The van der Waals surface area contributed by atoms with Crippen LogP contribution in [0.5, 0.6) is 0 Å². The first-order chi connectivity index (χ1) is 13.2. The second-order valence-electron chi connectivity index (χ2n) is 6.90. The van der Waals surface area contributed by atoms with Gasteiger partial charge in [0, 0.05) is 56.8 Å². The molecule has 7 heteroatoms. The van der Waals surface area contributed by atoms with Gasteiger partial charge in [0.05, 0.1) is 19.8 Å². The minimum absolute atomic E-state index is 0.218. The molecule has 0 radical (unpaired) electrons. The van der Waals surface area contributed by atoms with Gasteiger partial charge in [0.25, 0.3) is 0 Å². The molecule has 1 aliphatic heterocycles. The van der Waals surface area contributed by atoms with E-state index in [2.05, 4.69) is 20.2 Å². The number of rotatable bonds is 8. The Morgan fingerprint density at radius 1 is 1.41 bits per heavy atom. The molecule has 0 spiro atoms. The Hall–Kier alpha value is -2.12. The van der Waals surface area contributed by atoms with Crippen LogP contribution < -0.4 is 5.32 Å². The predicted octanol–water partition coefficient (Wildman–Crippen LogP) is 2.41. The third-order valence-electron chi connectivity index (χ3n) is 4.99. The van der Waals surface area contributed by atoms with Gasteiger partial charge < -0.3 is 24.7 Å². The summed E-state index contributed by atoms with van der Waals surface area (Å²) in [6, 6.07) is 4.87. The second kappa shape index (κ2) is 9.71. The zero-order valence-corrected chi connectivity index (χ0v) is 16.1. The number of nitrogens with zero attached hydrogens (tertiary/aromatic N) is 2. The van der Waals surface area contributed by atoms with E-state index in [1.54, 1.807) is 7.11 Å². The quantitative estimate of drug-likeness (QED) is 0.422. The van der Waals surface area contributed by atoms with Crippen molar-refractivity contribution in [2.45, 2.75) is 12.8 Å². The molecule has 148 valence electrons. The maximum atomic E-state index is 13.3. The predicted molar refractivity (Wildman–Crippen MR) is 106 cm³/mol. The Labute approximate surface area is 159 Å². The van der Waals surface area contributed by atoms with E-state index in [-0.39, 0.29) is 5.82 Å². The molecule has 1 unspecified atom stereocenters. The topological polar surface area (TPSA) is 61.9 Å². The van der Waals surface area contributed by atoms with Crippen LogP contribution in [0.3, 0.4) is 0 Å². The molecule has 1 aromatic carbocycles. The van der Waals surface area contributed by atoms with Crippen LogP contribution in [-0.4, -0.2) is 69.5 Å². The van der Waals surface area contributed by atoms with Crippen LogP contribution in [-0.2, 0) is 15.9 Å². The van der Waals surface area contributed by atoms with Crippen LogP contribution in [0.4, 0.5) is 4.39 Å². The highest BCUT2D eigenvalue weighted by molar-refractivity contribution is 5.83. The standard InChI is InChI=1S/C20H29FN4O2/c1-22-20(25-8-6-15(13-25)14-27-10-9-26-2)23-7-5-16-12-24-19-11-17(21)3-4-18(16)19/h3-4,11-12,15,24H,5-10,13-14H2,1-2H3,(H,22,23). The van der Waals surface area contributed by atoms with Gasteiger partial charge in [-0.15, -0.1) is 0 Å². The van der Waals surface area contributed by atoms with Crippen LogP contribution in [0.25, 0.3) is 10.9 Å². The fraction of sp³-hybridized carbons (Fsp3) is 0.550. The number of hydrogen-bond acceptors (Lipinski definition) is 3. The third-order valence-corrected chi connectivity index (χ3v) is 4.99. The number of fused-ring (bicyclic) bond motifs is 1. The summed E-state index contributed by atoms with van der Waals surface area (Å²) in [6.07, 6.45) is 3.92. The van der Waals surface area contributed by atoms with Crippen LogP contribution in [0.1, 0.15) is 12.0 Å². The molecule has 1 aliphatic rings. The Morgan fingerprint density at radius 3 is 3.11 bits per heavy atom. The lowest BCUT2D eigenvalue weighted by molar-refractivity contribution is 0.0536. The molecule has 1 saturated heterocycles. The fourth-order valence-electron chi connectivity index (χ4n) is 3.56. The van der Waals surface area contributed by atoms with Crippen molar-refractivity contribution in [2.24, 2.45) is 10.9 Å². The number of halogens is 1. The molecule has 2 heterocycles. The van der Waals surface area contributed by atoms with Gasteiger partial charge in [-0.3, -0.25) is 4.99 Å². The largest absolute Gasteiger partial charge is 0.382 e. The molecule has 0 saturated carbocycles. The van der Waals surface area contributed by atoms with E-state index in [1.807, 2.05) is 19.3 Å². The summed E-state index contributed by atoms with van der Waals surface area (Å²) < 4.78 is 24.0. The van der Waals surface area contributed by atoms with Crippen molar-refractivity contribution in [2.75, 3.05) is 53.6 Å². The van der Waals surface area contributed by atoms with Gasteiger partial charge in [0.1, 0.15) is 5.82 Å². The van der Waals surface area contributed by atoms with Crippen molar-refractivity contribution in [3.8, 4) is 0 Å². The van der Waals surface area contributed by atoms with Crippen LogP contribution in [0.2, 0.25) is 0 Å². The highest BCUT2D eigenvalue weighted by atomic mass is 19.1. The molecule has 0 amide bonds. The number of methoxy groups -OCH3 is 1. The fourth-order valence-corrected chi connectivity index (χ4v) is 3.56. The van der Waals surface area contributed by atoms with Gasteiger partial charge in [-0.05, 0) is 36.6 Å². The highest BCUT2D eigenvalue weighted by Crippen LogP contribution is 2.20. The molecule has 2 aromatic rings. The number of likely N-dealkylation sites (tertiary alicyclic amines) is 1. The lowest BCUT2D eigenvalue weighted by Crippen LogP contribution is -2.41. The van der Waals surface area contributed by atoms with E-state index in [0.717, 1.165) is 55.9 Å². The van der Waals surface area contributed by atoms with Gasteiger partial charge in [-0.2, -0.15) is 0 Å². The molecule has 2 N–H and O–H groups in total. The van der Waals surface area contributed by atoms with Crippen molar-refractivity contribution in [3.63, 3.8) is 0 Å². The maximum absolute atomic E-state index is 13.3. The third kappa shape index (κ3) is 5.20. The van der Waals surface area contributed by atoms with Crippen LogP contribution in [0, 0.1) is 11.7 Å². The molecule has 0 bridgehead atoms. The molecular formula is C20H29FN4O2. The minimum atomic E-state index is -0.218. The second-order valence-corrected chi connectivity index (χ2v) is 6.90. The van der Waals surface area contributed by atoms with Crippen LogP contribution >= 0.6 is 0 Å². The minimum Gasteiger partial charge on any atom is -0.382 e. The maximum Gasteiger partial charge on any atom is 0.193 e. The molecule has 27 heavy (non-hydrogen) atoms. The lowest BCUT2D eigenvalue weighted by Gasteiger charge is -2.21. The first-order valence-corrected chi connectivity index (χ1v) is 9.49. The molecular weight excluding hydrogens is 347 g/mol. The zero-order valence-electron chi connectivity index (χ0n) is 16.1. The molecule has 0 aliphatic carbocycles. The monoisotopic (exact) mass is 376 g/mol. The summed E-state index contributed by atoms with van der Waals surface area (Å²) in [6.45, 7) is 4.78. The van der Waals surface area contributed by atoms with E-state index >= 15 is 0 Å². The number of benzene rings is 1. The summed E-state index contributed by atoms with van der Waals surface area (Å²) in [5.41, 5.74) is 2.02. The van der Waals surface area contributed by atoms with Gasteiger partial charge >= 0.3 is 0 Å². The number of nitrogens with one attached hydrogen (secondary N) is 2. The Balaban J connectivity index is 1.45. The Morgan fingerprint density at radius 2 is 2.30 bits per heavy atom. The molecule has 1 fully saturated rings. The number of aromatic amines is 1. The first-order valence-electron chi connectivity index (χ1n) is 9.49. The highest BCUT2D eigenvalue weighted by Gasteiger charge is 2.24. The van der Waals surface area contributed by atoms with Gasteiger partial charge in [-0.25, -0.2) is 4.39 Å². The van der Waals surface area contributed by atoms with E-state index in [1.165, 1.54) is 17.7 Å². The molecule has 6 nitrogen and oxygen atoms in total. The van der Waals surface area contributed by atoms with E-state index in [4.69, 9.17) is 9.47 Å². The molecule has 1 atom stereocenters. The Bertz CT molecular complexity index is 762. The average Bonchev–Trinajstić information content (AvgIpc) is 3.29. The summed E-state index contributed by atoms with van der Waals surface area (Å²) >= 11 is 0. The SMILES string of the molecule is CN=C(NCCc1c[nH]c2cc(F)ccc12)N1CCC(COCCOC)C1. The summed E-state index contributed by atoms with van der Waals surface area (Å²) in [5.74, 6) is 1.24. The van der Waals surface area contributed by atoms with Crippen molar-refractivity contribution >= 4 is 16.9 Å². The molecule has 1 aromatic heterocycles. The number of ether oxygens (including phenoxy) is 2. The average molecular weight is 376 g/mol. The van der Waals surface area contributed by atoms with E-state index < -0.39 is 0 Å². The van der Waals surface area contributed by atoms with Crippen molar-refractivity contribution in [3.05, 3.63) is 35.8 Å². The zero-order chi connectivity index (χ0) is 19.1. The van der Waals surface area contributed by atoms with Crippen molar-refractivity contribution in [1.82, 2.24) is 15.2 Å². The van der Waals surface area contributed by atoms with Gasteiger partial charge in [0.2, 0.25) is 0 Å². The summed E-state index contributed by atoms with van der Waals surface area (Å²) in [7, 11) is 3.50. The Kier molecular flexibility index (Phi) is 7.06. The smallest absolute Gasteiger partial charge is 0.193 e. The normalized spacial score (nSPS) is 17.8.